The molecule has 0 fully saturated rings. The number of benzene rings is 2. The topological polar surface area (TPSA) is 17.1 Å². The van der Waals surface area contributed by atoms with Crippen LogP contribution in [0, 0.1) is 3.57 Å². The van der Waals surface area contributed by atoms with E-state index in [1.165, 1.54) is 14.3 Å². The molecule has 0 heterocycles. The van der Waals surface area contributed by atoms with Gasteiger partial charge in [-0.2, -0.15) is 0 Å². The summed E-state index contributed by atoms with van der Waals surface area (Å²) in [6.45, 7) is 2.00. The maximum atomic E-state index is 8.00. The molecular formula is C11H9IO. The molecule has 0 saturated heterocycles. The first kappa shape index (κ1) is 10.2. The van der Waals surface area contributed by atoms with E-state index in [0.717, 1.165) is 0 Å². The fourth-order valence-corrected chi connectivity index (χ4v) is 1.88. The smallest absolute Gasteiger partial charge is 0.106 e. The minimum atomic E-state index is 1.32. The van der Waals surface area contributed by atoms with E-state index in [2.05, 4.69) is 65.1 Å². The Morgan fingerprint density at radius 2 is 1.54 bits per heavy atom. The van der Waals surface area contributed by atoms with E-state index in [0.29, 0.717) is 0 Å². The van der Waals surface area contributed by atoms with E-state index in [1.54, 1.807) is 0 Å². The van der Waals surface area contributed by atoms with Crippen molar-refractivity contribution >= 4 is 40.2 Å². The van der Waals surface area contributed by atoms with E-state index >= 15 is 0 Å². The first-order chi connectivity index (χ1) is 6.38. The molecule has 0 N–H and O–H groups in total. The fraction of sp³-hybridized carbons (Fsp3) is 0. The van der Waals surface area contributed by atoms with Crippen molar-refractivity contribution in [1.82, 2.24) is 0 Å². The highest BCUT2D eigenvalue weighted by Gasteiger charge is 1.93. The van der Waals surface area contributed by atoms with Gasteiger partial charge >= 0.3 is 0 Å². The van der Waals surface area contributed by atoms with Crippen LogP contribution in [0.2, 0.25) is 0 Å². The molecule has 66 valence electrons. The maximum absolute atomic E-state index is 8.00. The standard InChI is InChI=1S/C10H7I.CH2O/c11-10-7-3-5-8-4-1-2-6-9(8)10;1-2/h1-7H;1H2. The minimum absolute atomic E-state index is 1.32. The molecule has 1 nitrogen and oxygen atoms in total. The van der Waals surface area contributed by atoms with Gasteiger partial charge < -0.3 is 4.79 Å². The van der Waals surface area contributed by atoms with Crippen molar-refractivity contribution in [2.24, 2.45) is 0 Å². The number of carbonyl (C=O) groups is 1. The third-order valence-electron chi connectivity index (χ3n) is 1.74. The van der Waals surface area contributed by atoms with E-state index < -0.39 is 0 Å². The number of halogens is 1. The van der Waals surface area contributed by atoms with Crippen molar-refractivity contribution in [2.75, 3.05) is 0 Å². The minimum Gasteiger partial charge on any atom is -0.307 e. The zero-order valence-electron chi connectivity index (χ0n) is 7.03. The SMILES string of the molecule is C=O.Ic1cccc2ccccc12. The zero-order chi connectivity index (χ0) is 9.68. The predicted octanol–water partition coefficient (Wildman–Crippen LogP) is 3.26. The lowest BCUT2D eigenvalue weighted by Gasteiger charge is -1.97. The molecule has 0 aliphatic carbocycles. The van der Waals surface area contributed by atoms with E-state index in [-0.39, 0.29) is 0 Å². The van der Waals surface area contributed by atoms with Crippen LogP contribution in [-0.4, -0.2) is 6.79 Å². The highest BCUT2D eigenvalue weighted by Crippen LogP contribution is 2.19. The second kappa shape index (κ2) is 4.97. The molecule has 0 radical (unpaired) electrons. The predicted molar refractivity (Wildman–Crippen MR) is 63.8 cm³/mol. The summed E-state index contributed by atoms with van der Waals surface area (Å²) in [6, 6.07) is 14.8. The number of fused-ring (bicyclic) bond motifs is 1. The quantitative estimate of drug-likeness (QED) is 0.679. The zero-order valence-corrected chi connectivity index (χ0v) is 9.19. The van der Waals surface area contributed by atoms with Crippen molar-refractivity contribution in [3.63, 3.8) is 0 Å². The van der Waals surface area contributed by atoms with E-state index in [9.17, 15) is 0 Å². The van der Waals surface area contributed by atoms with Gasteiger partial charge in [-0.15, -0.1) is 0 Å². The molecule has 2 heteroatoms. The van der Waals surface area contributed by atoms with Crippen LogP contribution in [0.25, 0.3) is 10.8 Å². The van der Waals surface area contributed by atoms with E-state index in [1.807, 2.05) is 6.79 Å². The normalized spacial score (nSPS) is 9.00. The average Bonchev–Trinajstić information content (AvgIpc) is 2.22. The van der Waals surface area contributed by atoms with Crippen LogP contribution >= 0.6 is 22.6 Å². The largest absolute Gasteiger partial charge is 0.307 e. The molecule has 0 spiro atoms. The van der Waals surface area contributed by atoms with E-state index in [4.69, 9.17) is 4.79 Å². The summed E-state index contributed by atoms with van der Waals surface area (Å²) in [5.41, 5.74) is 0. The molecule has 0 amide bonds. The summed E-state index contributed by atoms with van der Waals surface area (Å²) >= 11 is 2.36. The molecule has 13 heavy (non-hydrogen) atoms. The van der Waals surface area contributed by atoms with Crippen LogP contribution in [0.4, 0.5) is 0 Å². The van der Waals surface area contributed by atoms with Crippen molar-refractivity contribution in [3.8, 4) is 0 Å². The van der Waals surface area contributed by atoms with Gasteiger partial charge in [-0.25, -0.2) is 0 Å². The molecule has 2 aromatic rings. The van der Waals surface area contributed by atoms with Gasteiger partial charge in [-0.05, 0) is 39.4 Å². The number of hydrogen-bond acceptors (Lipinski definition) is 1. The van der Waals surface area contributed by atoms with Crippen LogP contribution in [0.5, 0.6) is 0 Å². The molecule has 0 bridgehead atoms. The van der Waals surface area contributed by atoms with Gasteiger partial charge in [0.15, 0.2) is 0 Å². The summed E-state index contributed by atoms with van der Waals surface area (Å²) in [4.78, 5) is 8.00. The van der Waals surface area contributed by atoms with Gasteiger partial charge in [0.2, 0.25) is 0 Å². The van der Waals surface area contributed by atoms with Gasteiger partial charge in [0.25, 0.3) is 0 Å². The molecule has 0 aromatic heterocycles. The van der Waals surface area contributed by atoms with Crippen LogP contribution in [0.15, 0.2) is 42.5 Å². The fourth-order valence-electron chi connectivity index (χ4n) is 1.19. The molecule has 2 aromatic carbocycles. The lowest BCUT2D eigenvalue weighted by atomic mass is 10.1. The average molecular weight is 284 g/mol. The van der Waals surface area contributed by atoms with Gasteiger partial charge in [0.05, 0.1) is 0 Å². The van der Waals surface area contributed by atoms with Crippen LogP contribution in [-0.2, 0) is 4.79 Å². The summed E-state index contributed by atoms with van der Waals surface area (Å²) in [5, 5.41) is 2.66. The molecule has 0 unspecified atom stereocenters. The monoisotopic (exact) mass is 284 g/mol. The van der Waals surface area contributed by atoms with Crippen LogP contribution in [0.3, 0.4) is 0 Å². The molecule has 0 saturated carbocycles. The second-order valence-electron chi connectivity index (χ2n) is 2.46. The Morgan fingerprint density at radius 1 is 0.923 bits per heavy atom. The van der Waals surface area contributed by atoms with Crippen LogP contribution < -0.4 is 0 Å². The summed E-state index contributed by atoms with van der Waals surface area (Å²) in [6.07, 6.45) is 0. The first-order valence-electron chi connectivity index (χ1n) is 3.80. The van der Waals surface area contributed by atoms with Crippen LogP contribution in [0.1, 0.15) is 0 Å². The third-order valence-corrected chi connectivity index (χ3v) is 2.68. The van der Waals surface area contributed by atoms with Gasteiger partial charge in [-0.3, -0.25) is 0 Å². The third kappa shape index (κ3) is 2.28. The van der Waals surface area contributed by atoms with Gasteiger partial charge in [0.1, 0.15) is 6.79 Å². The Hall–Kier alpha value is -0.900. The lowest BCUT2D eigenvalue weighted by molar-refractivity contribution is -0.0979. The Bertz CT molecular complexity index is 393. The molecular weight excluding hydrogens is 275 g/mol. The Kier molecular flexibility index (Phi) is 3.89. The lowest BCUT2D eigenvalue weighted by Crippen LogP contribution is -1.74. The van der Waals surface area contributed by atoms with Crippen molar-refractivity contribution in [3.05, 3.63) is 46.0 Å². The highest BCUT2D eigenvalue weighted by molar-refractivity contribution is 14.1. The maximum Gasteiger partial charge on any atom is 0.106 e. The Labute approximate surface area is 90.9 Å². The first-order valence-corrected chi connectivity index (χ1v) is 4.88. The summed E-state index contributed by atoms with van der Waals surface area (Å²) in [5.74, 6) is 0. The molecule has 2 rings (SSSR count). The molecule has 0 aliphatic heterocycles. The number of carbonyl (C=O) groups excluding carboxylic acids is 1. The van der Waals surface area contributed by atoms with Crippen molar-refractivity contribution in [2.45, 2.75) is 0 Å². The summed E-state index contributed by atoms with van der Waals surface area (Å²) in [7, 11) is 0. The Balaban J connectivity index is 0.000000396. The highest BCUT2D eigenvalue weighted by atomic mass is 127. The Morgan fingerprint density at radius 3 is 2.23 bits per heavy atom. The van der Waals surface area contributed by atoms with Crippen molar-refractivity contribution < 1.29 is 4.79 Å². The van der Waals surface area contributed by atoms with Gasteiger partial charge in [-0.1, -0.05) is 36.4 Å². The molecule has 0 aliphatic rings. The second-order valence-corrected chi connectivity index (χ2v) is 3.62. The molecule has 0 atom stereocenters. The number of hydrogen-bond donors (Lipinski definition) is 0. The van der Waals surface area contributed by atoms with Crippen molar-refractivity contribution in [1.29, 1.82) is 0 Å². The number of rotatable bonds is 0. The van der Waals surface area contributed by atoms with Gasteiger partial charge in [0, 0.05) is 3.57 Å². The summed E-state index contributed by atoms with van der Waals surface area (Å²) < 4.78 is 1.32.